The summed E-state index contributed by atoms with van der Waals surface area (Å²) in [5, 5.41) is 16.0. The predicted octanol–water partition coefficient (Wildman–Crippen LogP) is 1.53. The van der Waals surface area contributed by atoms with Crippen LogP contribution in [0.2, 0.25) is 0 Å². The number of nitrogens with two attached hydrogens (primary N) is 1. The molecule has 0 saturated heterocycles. The molecule has 0 aromatic carbocycles. The maximum absolute atomic E-state index is 8.65. The molecule has 7 nitrogen and oxygen atoms in total. The number of oxime groups is 1. The lowest BCUT2D eigenvalue weighted by molar-refractivity contribution is 0.229. The lowest BCUT2D eigenvalue weighted by Gasteiger charge is -2.24. The molecule has 0 saturated carbocycles. The van der Waals surface area contributed by atoms with Crippen molar-refractivity contribution in [2.75, 3.05) is 13.1 Å². The standard InChI is InChI=1S/C14H28N6O/c1-11(2)7-19(6-5-13(15)18-21)9-14-16-10-17-20(14)8-12(3)4/h10-12,21H,5-9H2,1-4H3,(H2,15,18). The predicted molar refractivity (Wildman–Crippen MR) is 83.0 cm³/mol. The van der Waals surface area contributed by atoms with Crippen LogP contribution in [-0.2, 0) is 13.1 Å². The van der Waals surface area contributed by atoms with Crippen LogP contribution in [0.5, 0.6) is 0 Å². The Morgan fingerprint density at radius 2 is 2.10 bits per heavy atom. The lowest BCUT2D eigenvalue weighted by atomic mass is 10.2. The molecule has 7 heteroatoms. The molecule has 120 valence electrons. The normalized spacial score (nSPS) is 12.8. The van der Waals surface area contributed by atoms with Crippen molar-refractivity contribution in [1.82, 2.24) is 19.7 Å². The van der Waals surface area contributed by atoms with E-state index < -0.39 is 0 Å². The fraction of sp³-hybridized carbons (Fsp3) is 0.786. The summed E-state index contributed by atoms with van der Waals surface area (Å²) < 4.78 is 1.96. The third kappa shape index (κ3) is 6.57. The van der Waals surface area contributed by atoms with Crippen LogP contribution in [0.3, 0.4) is 0 Å². The summed E-state index contributed by atoms with van der Waals surface area (Å²) in [4.78, 5) is 6.63. The van der Waals surface area contributed by atoms with Gasteiger partial charge < -0.3 is 10.9 Å². The quantitative estimate of drug-likeness (QED) is 0.312. The molecule has 0 aliphatic carbocycles. The summed E-state index contributed by atoms with van der Waals surface area (Å²) in [6, 6.07) is 0. The first-order valence-electron chi connectivity index (χ1n) is 7.47. The van der Waals surface area contributed by atoms with Gasteiger partial charge in [0.1, 0.15) is 18.0 Å². The lowest BCUT2D eigenvalue weighted by Crippen LogP contribution is -2.32. The SMILES string of the molecule is CC(C)CN(CCC(N)=NO)Cc1ncnn1CC(C)C. The molecular formula is C14H28N6O. The average molecular weight is 296 g/mol. The van der Waals surface area contributed by atoms with Gasteiger partial charge in [0, 0.05) is 26.1 Å². The number of aromatic nitrogens is 3. The monoisotopic (exact) mass is 296 g/mol. The summed E-state index contributed by atoms with van der Waals surface area (Å²) in [6.07, 6.45) is 2.15. The van der Waals surface area contributed by atoms with E-state index in [0.717, 1.165) is 32.0 Å². The zero-order valence-corrected chi connectivity index (χ0v) is 13.5. The summed E-state index contributed by atoms with van der Waals surface area (Å²) >= 11 is 0. The van der Waals surface area contributed by atoms with Gasteiger partial charge in [0.05, 0.1) is 6.54 Å². The van der Waals surface area contributed by atoms with E-state index in [0.29, 0.717) is 18.3 Å². The van der Waals surface area contributed by atoms with Crippen LogP contribution < -0.4 is 5.73 Å². The van der Waals surface area contributed by atoms with Crippen LogP contribution in [0.4, 0.5) is 0 Å². The Morgan fingerprint density at radius 3 is 2.67 bits per heavy atom. The van der Waals surface area contributed by atoms with Crippen LogP contribution >= 0.6 is 0 Å². The molecule has 0 bridgehead atoms. The Balaban J connectivity index is 2.69. The van der Waals surface area contributed by atoms with E-state index in [1.807, 2.05) is 4.68 Å². The molecular weight excluding hydrogens is 268 g/mol. The van der Waals surface area contributed by atoms with Gasteiger partial charge in [-0.05, 0) is 11.8 Å². The molecule has 0 unspecified atom stereocenters. The van der Waals surface area contributed by atoms with Crippen LogP contribution in [0.25, 0.3) is 0 Å². The van der Waals surface area contributed by atoms with Gasteiger partial charge in [0.2, 0.25) is 0 Å². The molecule has 0 aliphatic heterocycles. The topological polar surface area (TPSA) is 92.6 Å². The summed E-state index contributed by atoms with van der Waals surface area (Å²) in [6.45, 7) is 11.9. The molecule has 0 spiro atoms. The number of hydrogen-bond acceptors (Lipinski definition) is 5. The van der Waals surface area contributed by atoms with Gasteiger partial charge in [-0.1, -0.05) is 32.9 Å². The molecule has 21 heavy (non-hydrogen) atoms. The highest BCUT2D eigenvalue weighted by atomic mass is 16.4. The summed E-state index contributed by atoms with van der Waals surface area (Å²) in [7, 11) is 0. The highest BCUT2D eigenvalue weighted by molar-refractivity contribution is 5.79. The first kappa shape index (κ1) is 17.4. The summed E-state index contributed by atoms with van der Waals surface area (Å²) in [5.41, 5.74) is 5.56. The highest BCUT2D eigenvalue weighted by Crippen LogP contribution is 2.08. The van der Waals surface area contributed by atoms with Crippen molar-refractivity contribution in [3.63, 3.8) is 0 Å². The molecule has 0 radical (unpaired) electrons. The van der Waals surface area contributed by atoms with E-state index in [9.17, 15) is 0 Å². The van der Waals surface area contributed by atoms with Gasteiger partial charge in [-0.15, -0.1) is 0 Å². The van der Waals surface area contributed by atoms with Gasteiger partial charge in [0.25, 0.3) is 0 Å². The van der Waals surface area contributed by atoms with Crippen molar-refractivity contribution >= 4 is 5.84 Å². The van der Waals surface area contributed by atoms with Crippen molar-refractivity contribution in [1.29, 1.82) is 0 Å². The van der Waals surface area contributed by atoms with Gasteiger partial charge in [-0.25, -0.2) is 9.67 Å². The third-order valence-corrected chi connectivity index (χ3v) is 3.03. The molecule has 3 N–H and O–H groups in total. The van der Waals surface area contributed by atoms with Crippen molar-refractivity contribution in [2.45, 2.75) is 47.2 Å². The van der Waals surface area contributed by atoms with Crippen LogP contribution in [-0.4, -0.2) is 43.8 Å². The first-order valence-corrected chi connectivity index (χ1v) is 7.47. The average Bonchev–Trinajstić information content (AvgIpc) is 2.81. The second kappa shape index (κ2) is 8.61. The zero-order valence-electron chi connectivity index (χ0n) is 13.5. The summed E-state index contributed by atoms with van der Waals surface area (Å²) in [5.74, 6) is 2.29. The Morgan fingerprint density at radius 1 is 1.38 bits per heavy atom. The van der Waals surface area contributed by atoms with Crippen LogP contribution in [0.1, 0.15) is 39.9 Å². The van der Waals surface area contributed by atoms with E-state index in [1.54, 1.807) is 6.33 Å². The van der Waals surface area contributed by atoms with E-state index in [4.69, 9.17) is 10.9 Å². The first-order chi connectivity index (χ1) is 9.92. The van der Waals surface area contributed by atoms with E-state index in [1.165, 1.54) is 0 Å². The van der Waals surface area contributed by atoms with Crippen molar-refractivity contribution in [2.24, 2.45) is 22.7 Å². The van der Waals surface area contributed by atoms with E-state index in [-0.39, 0.29) is 5.84 Å². The van der Waals surface area contributed by atoms with Gasteiger partial charge >= 0.3 is 0 Å². The Hall–Kier alpha value is -1.63. The number of hydrogen-bond donors (Lipinski definition) is 2. The zero-order chi connectivity index (χ0) is 15.8. The van der Waals surface area contributed by atoms with Crippen LogP contribution in [0, 0.1) is 11.8 Å². The van der Waals surface area contributed by atoms with Crippen molar-refractivity contribution < 1.29 is 5.21 Å². The Bertz CT molecular complexity index is 440. The van der Waals surface area contributed by atoms with Gasteiger partial charge in [-0.2, -0.15) is 5.10 Å². The van der Waals surface area contributed by atoms with Gasteiger partial charge in [-0.3, -0.25) is 4.90 Å². The number of rotatable bonds is 9. The molecule has 1 rings (SSSR count). The molecule has 0 amide bonds. The number of nitrogens with zero attached hydrogens (tertiary/aromatic N) is 5. The Kier molecular flexibility index (Phi) is 7.14. The maximum atomic E-state index is 8.65. The largest absolute Gasteiger partial charge is 0.409 e. The molecule has 0 fully saturated rings. The molecule has 1 aromatic rings. The molecule has 1 heterocycles. The second-order valence-electron chi connectivity index (χ2n) is 6.22. The minimum absolute atomic E-state index is 0.257. The van der Waals surface area contributed by atoms with Gasteiger partial charge in [0.15, 0.2) is 0 Å². The fourth-order valence-corrected chi connectivity index (χ4v) is 2.18. The second-order valence-corrected chi connectivity index (χ2v) is 6.22. The maximum Gasteiger partial charge on any atom is 0.141 e. The fourth-order valence-electron chi connectivity index (χ4n) is 2.18. The minimum Gasteiger partial charge on any atom is -0.409 e. The van der Waals surface area contributed by atoms with E-state index >= 15 is 0 Å². The molecule has 1 aromatic heterocycles. The highest BCUT2D eigenvalue weighted by Gasteiger charge is 2.14. The number of amidine groups is 1. The smallest absolute Gasteiger partial charge is 0.141 e. The molecule has 0 aliphatic rings. The van der Waals surface area contributed by atoms with E-state index in [2.05, 4.69) is 47.8 Å². The van der Waals surface area contributed by atoms with Crippen molar-refractivity contribution in [3.05, 3.63) is 12.2 Å². The Labute approximate surface area is 126 Å². The minimum atomic E-state index is 0.257. The molecule has 0 atom stereocenters. The van der Waals surface area contributed by atoms with Crippen LogP contribution in [0.15, 0.2) is 11.5 Å². The van der Waals surface area contributed by atoms with Crippen molar-refractivity contribution in [3.8, 4) is 0 Å². The third-order valence-electron chi connectivity index (χ3n) is 3.03.